The first-order chi connectivity index (χ1) is 8.97. The van der Waals surface area contributed by atoms with E-state index < -0.39 is 5.41 Å². The number of carbonyl (C=O) groups is 1. The lowest BCUT2D eigenvalue weighted by Crippen LogP contribution is -2.47. The highest BCUT2D eigenvalue weighted by Crippen LogP contribution is 2.29. The van der Waals surface area contributed by atoms with Crippen molar-refractivity contribution in [3.8, 4) is 6.07 Å². The van der Waals surface area contributed by atoms with E-state index in [1.165, 1.54) is 0 Å². The number of rotatable bonds is 2. The second-order valence-corrected chi connectivity index (χ2v) is 5.71. The van der Waals surface area contributed by atoms with E-state index in [4.69, 9.17) is 15.7 Å². The molecule has 1 fully saturated rings. The number of halogens is 1. The maximum Gasteiger partial charge on any atom is 0.234 e. The fourth-order valence-corrected chi connectivity index (χ4v) is 2.27. The van der Waals surface area contributed by atoms with Crippen molar-refractivity contribution in [3.05, 3.63) is 28.2 Å². The molecule has 3 N–H and O–H groups in total. The van der Waals surface area contributed by atoms with Crippen molar-refractivity contribution in [2.24, 2.45) is 11.1 Å². The van der Waals surface area contributed by atoms with Crippen LogP contribution in [0, 0.1) is 16.7 Å². The zero-order valence-corrected chi connectivity index (χ0v) is 12.0. The van der Waals surface area contributed by atoms with Gasteiger partial charge in [-0.05, 0) is 25.1 Å². The first-order valence-electron chi connectivity index (χ1n) is 5.82. The maximum atomic E-state index is 12.3. The van der Waals surface area contributed by atoms with Gasteiger partial charge in [-0.3, -0.25) is 4.79 Å². The van der Waals surface area contributed by atoms with Gasteiger partial charge < -0.3 is 15.8 Å². The molecule has 0 saturated carbocycles. The van der Waals surface area contributed by atoms with Gasteiger partial charge in [0.1, 0.15) is 6.07 Å². The average molecular weight is 324 g/mol. The molecular formula is C13H14BrN3O2. The third kappa shape index (κ3) is 2.63. The summed E-state index contributed by atoms with van der Waals surface area (Å²) in [5.74, 6) is -0.226. The minimum absolute atomic E-state index is 0.226. The summed E-state index contributed by atoms with van der Waals surface area (Å²) in [5, 5.41) is 11.8. The van der Waals surface area contributed by atoms with Crippen molar-refractivity contribution >= 4 is 27.5 Å². The number of carbonyl (C=O) groups excluding carboxylic acids is 1. The standard InChI is InChI=1S/C13H14BrN3O2/c1-13(7-19-6-11(13)16)12(18)17-10-3-2-9(14)4-8(10)5-15/h2-4,11H,6-7,16H2,1H3,(H,17,18). The van der Waals surface area contributed by atoms with Gasteiger partial charge in [-0.1, -0.05) is 15.9 Å². The Kier molecular flexibility index (Phi) is 3.90. The van der Waals surface area contributed by atoms with Crippen molar-refractivity contribution in [2.45, 2.75) is 13.0 Å². The fourth-order valence-electron chi connectivity index (χ4n) is 1.91. The van der Waals surface area contributed by atoms with Crippen LogP contribution in [-0.4, -0.2) is 25.2 Å². The molecule has 2 atom stereocenters. The van der Waals surface area contributed by atoms with E-state index in [2.05, 4.69) is 21.2 Å². The number of benzene rings is 1. The Labute approximate surface area is 119 Å². The molecule has 0 aromatic heterocycles. The summed E-state index contributed by atoms with van der Waals surface area (Å²) in [6.07, 6.45) is 0. The zero-order valence-electron chi connectivity index (χ0n) is 10.4. The topological polar surface area (TPSA) is 88.1 Å². The molecule has 1 aromatic rings. The van der Waals surface area contributed by atoms with Crippen LogP contribution in [0.3, 0.4) is 0 Å². The number of amides is 1. The van der Waals surface area contributed by atoms with Gasteiger partial charge in [0.15, 0.2) is 0 Å². The number of anilines is 1. The lowest BCUT2D eigenvalue weighted by atomic mass is 9.84. The van der Waals surface area contributed by atoms with Gasteiger partial charge in [0.2, 0.25) is 5.91 Å². The molecule has 0 aliphatic carbocycles. The number of nitrogens with one attached hydrogen (secondary N) is 1. The molecule has 1 aromatic carbocycles. The predicted molar refractivity (Wildman–Crippen MR) is 74.4 cm³/mol. The lowest BCUT2D eigenvalue weighted by Gasteiger charge is -2.25. The van der Waals surface area contributed by atoms with Gasteiger partial charge in [0.25, 0.3) is 0 Å². The number of nitrogens with zero attached hydrogens (tertiary/aromatic N) is 1. The van der Waals surface area contributed by atoms with Crippen LogP contribution in [0.25, 0.3) is 0 Å². The molecule has 1 amide bonds. The Hall–Kier alpha value is -1.42. The van der Waals surface area contributed by atoms with Crippen LogP contribution in [0.2, 0.25) is 0 Å². The molecule has 100 valence electrons. The van der Waals surface area contributed by atoms with E-state index in [-0.39, 0.29) is 11.9 Å². The van der Waals surface area contributed by atoms with Gasteiger partial charge in [-0.2, -0.15) is 5.26 Å². The third-order valence-corrected chi connectivity index (χ3v) is 3.88. The van der Waals surface area contributed by atoms with Crippen LogP contribution in [0.5, 0.6) is 0 Å². The predicted octanol–water partition coefficient (Wildman–Crippen LogP) is 1.62. The third-order valence-electron chi connectivity index (χ3n) is 3.39. The number of hydrogen-bond donors (Lipinski definition) is 2. The van der Waals surface area contributed by atoms with Crippen molar-refractivity contribution in [3.63, 3.8) is 0 Å². The molecule has 6 heteroatoms. The molecule has 0 spiro atoms. The Morgan fingerprint density at radius 2 is 2.42 bits per heavy atom. The van der Waals surface area contributed by atoms with Gasteiger partial charge in [0.05, 0.1) is 29.9 Å². The molecule has 5 nitrogen and oxygen atoms in total. The number of hydrogen-bond acceptors (Lipinski definition) is 4. The molecule has 0 radical (unpaired) electrons. The summed E-state index contributed by atoms with van der Waals surface area (Å²) >= 11 is 3.29. The molecule has 1 aliphatic heterocycles. The van der Waals surface area contributed by atoms with E-state index in [1.54, 1.807) is 25.1 Å². The lowest BCUT2D eigenvalue weighted by molar-refractivity contribution is -0.125. The van der Waals surface area contributed by atoms with Crippen molar-refractivity contribution in [2.75, 3.05) is 18.5 Å². The highest BCUT2D eigenvalue weighted by Gasteiger charge is 2.44. The van der Waals surface area contributed by atoms with E-state index in [0.717, 1.165) is 4.47 Å². The van der Waals surface area contributed by atoms with Crippen LogP contribution in [-0.2, 0) is 9.53 Å². The van der Waals surface area contributed by atoms with E-state index >= 15 is 0 Å². The smallest absolute Gasteiger partial charge is 0.234 e. The molecule has 1 heterocycles. The largest absolute Gasteiger partial charge is 0.379 e. The second kappa shape index (κ2) is 5.29. The minimum Gasteiger partial charge on any atom is -0.379 e. The van der Waals surface area contributed by atoms with Crippen LogP contribution < -0.4 is 11.1 Å². The average Bonchev–Trinajstić information content (AvgIpc) is 2.73. The fraction of sp³-hybridized carbons (Fsp3) is 0.385. The SMILES string of the molecule is CC1(C(=O)Nc2ccc(Br)cc2C#N)COCC1N. The summed E-state index contributed by atoms with van der Waals surface area (Å²) in [4.78, 5) is 12.3. The van der Waals surface area contributed by atoms with Crippen molar-refractivity contribution in [1.29, 1.82) is 5.26 Å². The Morgan fingerprint density at radius 1 is 1.68 bits per heavy atom. The number of nitrogens with two attached hydrogens (primary N) is 1. The number of nitriles is 1. The van der Waals surface area contributed by atoms with Crippen LogP contribution in [0.15, 0.2) is 22.7 Å². The van der Waals surface area contributed by atoms with Gasteiger partial charge in [0, 0.05) is 10.5 Å². The van der Waals surface area contributed by atoms with E-state index in [0.29, 0.717) is 24.5 Å². The number of ether oxygens (including phenoxy) is 1. The minimum atomic E-state index is -0.764. The highest BCUT2D eigenvalue weighted by atomic mass is 79.9. The molecule has 1 aliphatic rings. The molecule has 0 bridgehead atoms. The Balaban J connectivity index is 2.22. The summed E-state index contributed by atoms with van der Waals surface area (Å²) in [5.41, 5.74) is 6.02. The second-order valence-electron chi connectivity index (χ2n) is 4.79. The van der Waals surface area contributed by atoms with E-state index in [1.807, 2.05) is 6.07 Å². The van der Waals surface area contributed by atoms with Crippen molar-refractivity contribution in [1.82, 2.24) is 0 Å². The zero-order chi connectivity index (χ0) is 14.0. The maximum absolute atomic E-state index is 12.3. The first kappa shape index (κ1) is 14.0. The Bertz CT molecular complexity index is 555. The van der Waals surface area contributed by atoms with Crippen LogP contribution in [0.1, 0.15) is 12.5 Å². The Morgan fingerprint density at radius 3 is 3.00 bits per heavy atom. The molecule has 19 heavy (non-hydrogen) atoms. The highest BCUT2D eigenvalue weighted by molar-refractivity contribution is 9.10. The summed E-state index contributed by atoms with van der Waals surface area (Å²) in [7, 11) is 0. The molecule has 1 saturated heterocycles. The monoisotopic (exact) mass is 323 g/mol. The van der Waals surface area contributed by atoms with Crippen LogP contribution in [0.4, 0.5) is 5.69 Å². The van der Waals surface area contributed by atoms with E-state index in [9.17, 15) is 4.79 Å². The summed E-state index contributed by atoms with van der Waals surface area (Å²) in [6, 6.07) is 6.82. The van der Waals surface area contributed by atoms with Crippen LogP contribution >= 0.6 is 15.9 Å². The quantitative estimate of drug-likeness (QED) is 0.865. The summed E-state index contributed by atoms with van der Waals surface area (Å²) in [6.45, 7) is 2.43. The van der Waals surface area contributed by atoms with Gasteiger partial charge >= 0.3 is 0 Å². The normalized spacial score (nSPS) is 25.9. The first-order valence-corrected chi connectivity index (χ1v) is 6.61. The summed E-state index contributed by atoms with van der Waals surface area (Å²) < 4.78 is 6.03. The van der Waals surface area contributed by atoms with Crippen molar-refractivity contribution < 1.29 is 9.53 Å². The molecular weight excluding hydrogens is 310 g/mol. The van der Waals surface area contributed by atoms with Gasteiger partial charge in [-0.25, -0.2) is 0 Å². The molecule has 2 rings (SSSR count). The van der Waals surface area contributed by atoms with Gasteiger partial charge in [-0.15, -0.1) is 0 Å². The molecule has 2 unspecified atom stereocenters.